The van der Waals surface area contributed by atoms with Gasteiger partial charge in [-0.2, -0.15) is 0 Å². The number of fused-ring (bicyclic) bond motifs is 1. The van der Waals surface area contributed by atoms with Crippen molar-refractivity contribution in [3.8, 4) is 0 Å². The number of hydrogen-bond acceptors (Lipinski definition) is 3. The van der Waals surface area contributed by atoms with E-state index >= 15 is 0 Å². The normalized spacial score (nSPS) is 12.6. The first kappa shape index (κ1) is 16.3. The second-order valence-electron chi connectivity index (χ2n) is 6.41. The third-order valence-corrected chi connectivity index (χ3v) is 4.60. The molecule has 26 heavy (non-hydrogen) atoms. The van der Waals surface area contributed by atoms with Gasteiger partial charge in [0.15, 0.2) is 5.82 Å². The number of benzene rings is 2. The molecule has 4 rings (SSSR count). The molecule has 0 bridgehead atoms. The number of aromatic nitrogens is 3. The lowest BCUT2D eigenvalue weighted by Gasteiger charge is -2.12. The Morgan fingerprint density at radius 1 is 1.04 bits per heavy atom. The number of anilines is 1. The maximum atomic E-state index is 12.3. The van der Waals surface area contributed by atoms with Crippen LogP contribution < -0.4 is 10.6 Å². The van der Waals surface area contributed by atoms with Crippen LogP contribution in [0.25, 0.3) is 0 Å². The first-order valence-electron chi connectivity index (χ1n) is 8.87. The summed E-state index contributed by atoms with van der Waals surface area (Å²) in [6, 6.07) is 17.9. The summed E-state index contributed by atoms with van der Waals surface area (Å²) in [7, 11) is 0. The summed E-state index contributed by atoms with van der Waals surface area (Å²) in [4.78, 5) is 12.3. The fourth-order valence-corrected chi connectivity index (χ4v) is 3.28. The van der Waals surface area contributed by atoms with Gasteiger partial charge >= 0.3 is 6.03 Å². The molecule has 1 aliphatic heterocycles. The molecule has 2 N–H and O–H groups in total. The van der Waals surface area contributed by atoms with Crippen LogP contribution in [0.5, 0.6) is 0 Å². The van der Waals surface area contributed by atoms with E-state index in [9.17, 15) is 4.79 Å². The van der Waals surface area contributed by atoms with Gasteiger partial charge in [-0.15, -0.1) is 10.2 Å². The Bertz CT molecular complexity index is 904. The van der Waals surface area contributed by atoms with Gasteiger partial charge in [0.2, 0.25) is 0 Å². The van der Waals surface area contributed by atoms with Crippen LogP contribution in [-0.2, 0) is 25.9 Å². The van der Waals surface area contributed by atoms with Crippen molar-refractivity contribution in [3.05, 3.63) is 77.4 Å². The molecule has 0 unspecified atom stereocenters. The van der Waals surface area contributed by atoms with E-state index in [4.69, 9.17) is 0 Å². The molecule has 6 heteroatoms. The van der Waals surface area contributed by atoms with Crippen molar-refractivity contribution in [3.63, 3.8) is 0 Å². The fourth-order valence-electron chi connectivity index (χ4n) is 3.28. The third kappa shape index (κ3) is 3.59. The van der Waals surface area contributed by atoms with Gasteiger partial charge in [-0.1, -0.05) is 48.5 Å². The molecule has 2 heterocycles. The number of amides is 2. The van der Waals surface area contributed by atoms with E-state index in [0.717, 1.165) is 48.7 Å². The number of carbonyl (C=O) groups is 1. The molecule has 1 aromatic heterocycles. The van der Waals surface area contributed by atoms with E-state index in [-0.39, 0.29) is 6.03 Å². The number of hydrogen-bond donors (Lipinski definition) is 2. The predicted octanol–water partition coefficient (Wildman–Crippen LogP) is 3.14. The van der Waals surface area contributed by atoms with Crippen molar-refractivity contribution in [1.82, 2.24) is 20.1 Å². The molecule has 1 aliphatic rings. The van der Waals surface area contributed by atoms with Gasteiger partial charge in [0.1, 0.15) is 5.82 Å². The van der Waals surface area contributed by atoms with Crippen LogP contribution in [-0.4, -0.2) is 20.8 Å². The highest BCUT2D eigenvalue weighted by Gasteiger charge is 2.17. The summed E-state index contributed by atoms with van der Waals surface area (Å²) >= 11 is 0. The summed E-state index contributed by atoms with van der Waals surface area (Å²) < 4.78 is 2.09. The Hall–Kier alpha value is -3.15. The van der Waals surface area contributed by atoms with E-state index in [2.05, 4.69) is 37.5 Å². The van der Waals surface area contributed by atoms with Crippen molar-refractivity contribution in [2.24, 2.45) is 0 Å². The number of aryl methyl sites for hydroxylation is 1. The zero-order chi connectivity index (χ0) is 17.8. The van der Waals surface area contributed by atoms with Crippen LogP contribution in [0.2, 0.25) is 0 Å². The van der Waals surface area contributed by atoms with Crippen LogP contribution in [0.15, 0.2) is 54.6 Å². The predicted molar refractivity (Wildman–Crippen MR) is 99.9 cm³/mol. The van der Waals surface area contributed by atoms with Crippen molar-refractivity contribution in [2.75, 3.05) is 5.32 Å². The van der Waals surface area contributed by atoms with Gasteiger partial charge < -0.3 is 15.2 Å². The molecule has 2 amide bonds. The molecule has 0 atom stereocenters. The second kappa shape index (κ2) is 7.39. The number of rotatable bonds is 5. The highest BCUT2D eigenvalue weighted by atomic mass is 16.2. The zero-order valence-corrected chi connectivity index (χ0v) is 14.5. The van der Waals surface area contributed by atoms with Crippen LogP contribution in [0.1, 0.15) is 29.2 Å². The van der Waals surface area contributed by atoms with E-state index < -0.39 is 0 Å². The maximum absolute atomic E-state index is 12.3. The van der Waals surface area contributed by atoms with Crippen molar-refractivity contribution in [2.45, 2.75) is 32.4 Å². The van der Waals surface area contributed by atoms with Crippen LogP contribution in [0, 0.1) is 0 Å². The Kier molecular flexibility index (Phi) is 4.64. The molecular weight excluding hydrogens is 326 g/mol. The van der Waals surface area contributed by atoms with Gasteiger partial charge in [-0.05, 0) is 30.0 Å². The topological polar surface area (TPSA) is 71.8 Å². The Balaban J connectivity index is 1.39. The van der Waals surface area contributed by atoms with E-state index in [1.54, 1.807) is 0 Å². The average Bonchev–Trinajstić information content (AvgIpc) is 3.27. The Morgan fingerprint density at radius 3 is 2.73 bits per heavy atom. The van der Waals surface area contributed by atoms with Crippen LogP contribution >= 0.6 is 0 Å². The van der Waals surface area contributed by atoms with E-state index in [1.807, 2.05) is 42.5 Å². The Labute approximate surface area is 152 Å². The van der Waals surface area contributed by atoms with E-state index in [1.165, 1.54) is 5.56 Å². The lowest BCUT2D eigenvalue weighted by molar-refractivity contribution is 0.251. The SMILES string of the molecule is O=C(NCc1nnc2n1CCC2)Nc1ccccc1Cc1ccccc1. The first-order chi connectivity index (χ1) is 12.8. The molecule has 3 aromatic rings. The lowest BCUT2D eigenvalue weighted by Crippen LogP contribution is -2.29. The summed E-state index contributed by atoms with van der Waals surface area (Å²) in [6.07, 6.45) is 2.83. The smallest absolute Gasteiger partial charge is 0.319 e. The van der Waals surface area contributed by atoms with E-state index in [0.29, 0.717) is 6.54 Å². The quantitative estimate of drug-likeness (QED) is 0.745. The molecule has 0 spiro atoms. The molecule has 0 radical (unpaired) electrons. The van der Waals surface area contributed by atoms with Gasteiger partial charge in [0.05, 0.1) is 6.54 Å². The van der Waals surface area contributed by atoms with Crippen LogP contribution in [0.4, 0.5) is 10.5 Å². The maximum Gasteiger partial charge on any atom is 0.319 e. The first-order valence-corrected chi connectivity index (χ1v) is 8.87. The standard InChI is InChI=1S/C20H21N5O/c26-20(21-14-19-24-23-18-11-6-12-25(18)19)22-17-10-5-4-9-16(17)13-15-7-2-1-3-8-15/h1-5,7-10H,6,11-14H2,(H2,21,22,26). The summed E-state index contributed by atoms with van der Waals surface area (Å²) in [6.45, 7) is 1.31. The number of para-hydroxylation sites is 1. The largest absolute Gasteiger partial charge is 0.331 e. The van der Waals surface area contributed by atoms with Gasteiger partial charge in [0.25, 0.3) is 0 Å². The summed E-state index contributed by atoms with van der Waals surface area (Å²) in [5.74, 6) is 1.82. The van der Waals surface area contributed by atoms with Gasteiger partial charge in [0, 0.05) is 18.7 Å². The monoisotopic (exact) mass is 347 g/mol. The number of urea groups is 1. The third-order valence-electron chi connectivity index (χ3n) is 4.60. The average molecular weight is 347 g/mol. The number of nitrogens with zero attached hydrogens (tertiary/aromatic N) is 3. The molecular formula is C20H21N5O. The minimum Gasteiger partial charge on any atom is -0.331 e. The van der Waals surface area contributed by atoms with Crippen molar-refractivity contribution < 1.29 is 4.79 Å². The molecule has 0 saturated heterocycles. The number of carbonyl (C=O) groups excluding carboxylic acids is 1. The van der Waals surface area contributed by atoms with Crippen molar-refractivity contribution in [1.29, 1.82) is 0 Å². The van der Waals surface area contributed by atoms with Gasteiger partial charge in [-0.3, -0.25) is 0 Å². The minimum atomic E-state index is -0.235. The summed E-state index contributed by atoms with van der Waals surface area (Å²) in [5.41, 5.74) is 3.11. The molecule has 0 saturated carbocycles. The molecule has 6 nitrogen and oxygen atoms in total. The molecule has 0 aliphatic carbocycles. The van der Waals surface area contributed by atoms with Crippen molar-refractivity contribution >= 4 is 11.7 Å². The minimum absolute atomic E-state index is 0.235. The highest BCUT2D eigenvalue weighted by molar-refractivity contribution is 5.90. The van der Waals surface area contributed by atoms with Crippen LogP contribution in [0.3, 0.4) is 0 Å². The number of nitrogens with one attached hydrogen (secondary N) is 2. The molecule has 132 valence electrons. The molecule has 0 fully saturated rings. The summed E-state index contributed by atoms with van der Waals surface area (Å²) in [5, 5.41) is 14.2. The lowest BCUT2D eigenvalue weighted by atomic mass is 10.0. The van der Waals surface area contributed by atoms with Gasteiger partial charge in [-0.25, -0.2) is 4.79 Å². The zero-order valence-electron chi connectivity index (χ0n) is 14.5. The fraction of sp³-hybridized carbons (Fsp3) is 0.250. The Morgan fingerprint density at radius 2 is 1.85 bits per heavy atom. The molecule has 2 aromatic carbocycles. The highest BCUT2D eigenvalue weighted by Crippen LogP contribution is 2.19. The second-order valence-corrected chi connectivity index (χ2v) is 6.41.